The van der Waals surface area contributed by atoms with Crippen molar-refractivity contribution in [2.45, 2.75) is 33.7 Å². The summed E-state index contributed by atoms with van der Waals surface area (Å²) in [5.41, 5.74) is 2.08. The highest BCUT2D eigenvalue weighted by atomic mass is 16.2. The van der Waals surface area contributed by atoms with Crippen molar-refractivity contribution < 1.29 is 9.90 Å². The van der Waals surface area contributed by atoms with Gasteiger partial charge >= 0.3 is 0 Å². The first-order chi connectivity index (χ1) is 9.91. The largest absolute Gasteiger partial charge is 0.384 e. The first-order valence-electron chi connectivity index (χ1n) is 7.37. The zero-order valence-corrected chi connectivity index (χ0v) is 13.0. The minimum atomic E-state index is -0.150. The fourth-order valence-electron chi connectivity index (χ4n) is 2.63. The molecule has 1 saturated heterocycles. The summed E-state index contributed by atoms with van der Waals surface area (Å²) in [5, 5.41) is 8.83. The van der Waals surface area contributed by atoms with Crippen molar-refractivity contribution in [3.8, 4) is 11.8 Å². The number of benzene rings is 1. The van der Waals surface area contributed by atoms with Crippen LogP contribution in [0.5, 0.6) is 0 Å². The molecule has 1 atom stereocenters. The second kappa shape index (κ2) is 6.32. The smallest absolute Gasteiger partial charge is 0.223 e. The molecule has 112 valence electrons. The average Bonchev–Trinajstić information content (AvgIpc) is 2.79. The predicted molar refractivity (Wildman–Crippen MR) is 83.4 cm³/mol. The lowest BCUT2D eigenvalue weighted by molar-refractivity contribution is -0.128. The van der Waals surface area contributed by atoms with Gasteiger partial charge in [-0.1, -0.05) is 50.8 Å². The van der Waals surface area contributed by atoms with Gasteiger partial charge in [-0.2, -0.15) is 0 Å². The fourth-order valence-corrected chi connectivity index (χ4v) is 2.63. The molecule has 1 heterocycles. The van der Waals surface area contributed by atoms with E-state index in [1.54, 1.807) is 0 Å². The summed E-state index contributed by atoms with van der Waals surface area (Å²) in [4.78, 5) is 14.1. The number of carbonyl (C=O) groups is 1. The van der Waals surface area contributed by atoms with Crippen molar-refractivity contribution >= 4 is 5.91 Å². The van der Waals surface area contributed by atoms with E-state index in [2.05, 4.69) is 32.6 Å². The highest BCUT2D eigenvalue weighted by molar-refractivity contribution is 5.78. The Balaban J connectivity index is 2.14. The van der Waals surface area contributed by atoms with Gasteiger partial charge in [-0.3, -0.25) is 4.79 Å². The topological polar surface area (TPSA) is 40.5 Å². The molecule has 0 bridgehead atoms. The third kappa shape index (κ3) is 3.86. The van der Waals surface area contributed by atoms with Crippen LogP contribution in [0.2, 0.25) is 0 Å². The van der Waals surface area contributed by atoms with Crippen LogP contribution < -0.4 is 0 Å². The molecule has 21 heavy (non-hydrogen) atoms. The Morgan fingerprint density at radius 1 is 1.33 bits per heavy atom. The highest BCUT2D eigenvalue weighted by Crippen LogP contribution is 2.34. The minimum absolute atomic E-state index is 0.150. The molecule has 0 saturated carbocycles. The number of likely N-dealkylation sites (tertiary alicyclic amines) is 1. The predicted octanol–water partition coefficient (Wildman–Crippen LogP) is 2.43. The molecule has 3 heteroatoms. The molecule has 3 nitrogen and oxygen atoms in total. The van der Waals surface area contributed by atoms with Gasteiger partial charge in [0.25, 0.3) is 0 Å². The zero-order chi connectivity index (χ0) is 15.5. The number of nitrogens with zero attached hydrogens (tertiary/aromatic N) is 1. The maximum absolute atomic E-state index is 12.2. The van der Waals surface area contributed by atoms with Gasteiger partial charge in [0, 0.05) is 25.1 Å². The third-order valence-electron chi connectivity index (χ3n) is 4.12. The Kier molecular flexibility index (Phi) is 4.69. The van der Waals surface area contributed by atoms with Crippen LogP contribution in [-0.4, -0.2) is 29.1 Å². The Bertz CT molecular complexity index is 575. The number of amides is 1. The standard InChI is InChI=1S/C18H23NO2/c1-18(2,3)16-11-17(21)19(13-16)12-15-8-5-4-7-14(15)9-6-10-20/h4-5,7-8,16,20H,10-13H2,1-3H3. The van der Waals surface area contributed by atoms with Gasteiger partial charge in [0.15, 0.2) is 0 Å². The number of aliphatic hydroxyl groups excluding tert-OH is 1. The number of carbonyl (C=O) groups excluding carboxylic acids is 1. The molecular formula is C18H23NO2. The molecule has 1 fully saturated rings. The van der Waals surface area contributed by atoms with E-state index < -0.39 is 0 Å². The van der Waals surface area contributed by atoms with E-state index in [0.29, 0.717) is 18.9 Å². The average molecular weight is 285 g/mol. The van der Waals surface area contributed by atoms with Gasteiger partial charge < -0.3 is 10.0 Å². The van der Waals surface area contributed by atoms with Crippen LogP contribution in [0.25, 0.3) is 0 Å². The highest BCUT2D eigenvalue weighted by Gasteiger charge is 2.36. The molecule has 1 aliphatic heterocycles. The molecule has 0 aliphatic carbocycles. The quantitative estimate of drug-likeness (QED) is 0.848. The van der Waals surface area contributed by atoms with Gasteiger partial charge in [-0.15, -0.1) is 0 Å². The van der Waals surface area contributed by atoms with Crippen LogP contribution in [0.4, 0.5) is 0 Å². The number of hydrogen-bond acceptors (Lipinski definition) is 2. The van der Waals surface area contributed by atoms with Gasteiger partial charge in [0.1, 0.15) is 6.61 Å². The maximum Gasteiger partial charge on any atom is 0.223 e. The summed E-state index contributed by atoms with van der Waals surface area (Å²) < 4.78 is 0. The van der Waals surface area contributed by atoms with Crippen LogP contribution in [-0.2, 0) is 11.3 Å². The van der Waals surface area contributed by atoms with Crippen LogP contribution >= 0.6 is 0 Å². The Morgan fingerprint density at radius 2 is 2.05 bits per heavy atom. The van der Waals surface area contributed by atoms with Crippen LogP contribution in [0, 0.1) is 23.2 Å². The van der Waals surface area contributed by atoms with Crippen LogP contribution in [0.15, 0.2) is 24.3 Å². The van der Waals surface area contributed by atoms with E-state index in [1.807, 2.05) is 29.2 Å². The Labute approximate surface area is 127 Å². The molecule has 0 radical (unpaired) electrons. The van der Waals surface area contributed by atoms with Gasteiger partial charge in [-0.25, -0.2) is 0 Å². The molecule has 0 spiro atoms. The molecule has 1 N–H and O–H groups in total. The van der Waals surface area contributed by atoms with E-state index in [9.17, 15) is 4.79 Å². The Morgan fingerprint density at radius 3 is 2.67 bits per heavy atom. The molecule has 1 aromatic carbocycles. The number of rotatable bonds is 2. The molecular weight excluding hydrogens is 262 g/mol. The van der Waals surface area contributed by atoms with E-state index in [4.69, 9.17) is 5.11 Å². The molecule has 0 aromatic heterocycles. The minimum Gasteiger partial charge on any atom is -0.384 e. The molecule has 1 unspecified atom stereocenters. The summed E-state index contributed by atoms with van der Waals surface area (Å²) in [6.07, 6.45) is 0.633. The summed E-state index contributed by atoms with van der Waals surface area (Å²) in [6.45, 7) is 7.83. The lowest BCUT2D eigenvalue weighted by Crippen LogP contribution is -2.27. The van der Waals surface area contributed by atoms with Gasteiger partial charge in [0.2, 0.25) is 5.91 Å². The zero-order valence-electron chi connectivity index (χ0n) is 13.0. The first kappa shape index (κ1) is 15.6. The molecule has 1 amide bonds. The summed E-state index contributed by atoms with van der Waals surface area (Å²) in [5.74, 6) is 6.26. The Hall–Kier alpha value is -1.79. The van der Waals surface area contributed by atoms with Gasteiger partial charge in [0.05, 0.1) is 0 Å². The molecule has 1 aliphatic rings. The van der Waals surface area contributed by atoms with E-state index in [0.717, 1.165) is 17.7 Å². The van der Waals surface area contributed by atoms with Crippen molar-refractivity contribution in [3.63, 3.8) is 0 Å². The lowest BCUT2D eigenvalue weighted by atomic mass is 9.80. The van der Waals surface area contributed by atoms with Crippen molar-refractivity contribution in [3.05, 3.63) is 35.4 Å². The summed E-state index contributed by atoms with van der Waals surface area (Å²) in [7, 11) is 0. The van der Waals surface area contributed by atoms with Gasteiger partial charge in [-0.05, 0) is 23.0 Å². The fraction of sp³-hybridized carbons (Fsp3) is 0.500. The second-order valence-corrected chi connectivity index (χ2v) is 6.66. The normalized spacial score (nSPS) is 18.6. The third-order valence-corrected chi connectivity index (χ3v) is 4.12. The van der Waals surface area contributed by atoms with Crippen LogP contribution in [0.1, 0.15) is 38.3 Å². The van der Waals surface area contributed by atoms with Crippen LogP contribution in [0.3, 0.4) is 0 Å². The van der Waals surface area contributed by atoms with E-state index in [-0.39, 0.29) is 17.9 Å². The lowest BCUT2D eigenvalue weighted by Gasteiger charge is -2.26. The van der Waals surface area contributed by atoms with E-state index >= 15 is 0 Å². The number of aliphatic hydroxyl groups is 1. The van der Waals surface area contributed by atoms with Crippen molar-refractivity contribution in [2.24, 2.45) is 11.3 Å². The van der Waals surface area contributed by atoms with E-state index in [1.165, 1.54) is 0 Å². The monoisotopic (exact) mass is 285 g/mol. The van der Waals surface area contributed by atoms with Crippen molar-refractivity contribution in [1.82, 2.24) is 4.90 Å². The SMILES string of the molecule is CC(C)(C)C1CC(=O)N(Cc2ccccc2C#CCO)C1. The summed E-state index contributed by atoms with van der Waals surface area (Å²) in [6, 6.07) is 7.81. The molecule has 2 rings (SSSR count). The van der Waals surface area contributed by atoms with Crippen molar-refractivity contribution in [2.75, 3.05) is 13.2 Å². The summed E-state index contributed by atoms with van der Waals surface area (Å²) >= 11 is 0. The number of hydrogen-bond donors (Lipinski definition) is 1. The maximum atomic E-state index is 12.2. The van der Waals surface area contributed by atoms with Crippen molar-refractivity contribution in [1.29, 1.82) is 0 Å². The molecule has 1 aromatic rings. The first-order valence-corrected chi connectivity index (χ1v) is 7.37. The second-order valence-electron chi connectivity index (χ2n) is 6.66.